The lowest BCUT2D eigenvalue weighted by atomic mass is 9.99. The van der Waals surface area contributed by atoms with Crippen LogP contribution in [0.3, 0.4) is 0 Å². The molecular weight excluding hydrogens is 290 g/mol. The molecule has 0 bridgehead atoms. The zero-order valence-electron chi connectivity index (χ0n) is 13.4. The normalized spacial score (nSPS) is 18.3. The van der Waals surface area contributed by atoms with Crippen molar-refractivity contribution >= 4 is 16.9 Å². The zero-order valence-corrected chi connectivity index (χ0v) is 13.4. The molecule has 2 amide bonds. The summed E-state index contributed by atoms with van der Waals surface area (Å²) in [7, 11) is 0. The molecule has 1 unspecified atom stereocenters. The van der Waals surface area contributed by atoms with E-state index in [2.05, 4.69) is 40.3 Å². The molecule has 2 aromatic rings. The molecule has 0 aliphatic carbocycles. The van der Waals surface area contributed by atoms with E-state index in [9.17, 15) is 9.90 Å². The number of amides is 2. The minimum absolute atomic E-state index is 0.000476. The summed E-state index contributed by atoms with van der Waals surface area (Å²) >= 11 is 0. The van der Waals surface area contributed by atoms with Crippen molar-refractivity contribution < 1.29 is 9.90 Å². The van der Waals surface area contributed by atoms with Crippen LogP contribution in [0.4, 0.5) is 4.79 Å². The first kappa shape index (κ1) is 15.9. The fraction of sp³-hybridized carbons (Fsp3) is 0.500. The fourth-order valence-electron chi connectivity index (χ4n) is 3.29. The van der Waals surface area contributed by atoms with Gasteiger partial charge in [0.05, 0.1) is 0 Å². The second-order valence-corrected chi connectivity index (χ2v) is 6.29. The number of piperidine rings is 1. The smallest absolute Gasteiger partial charge is 0.317 e. The number of urea groups is 1. The molecule has 2 heterocycles. The van der Waals surface area contributed by atoms with Crippen LogP contribution in [0.5, 0.6) is 0 Å². The fourth-order valence-corrected chi connectivity index (χ4v) is 3.29. The lowest BCUT2D eigenvalue weighted by Gasteiger charge is -2.31. The summed E-state index contributed by atoms with van der Waals surface area (Å²) in [5.74, 6) is 0.237. The van der Waals surface area contributed by atoms with E-state index in [-0.39, 0.29) is 18.6 Å². The first-order valence-electron chi connectivity index (χ1n) is 8.45. The van der Waals surface area contributed by atoms with Crippen molar-refractivity contribution in [3.05, 3.63) is 36.5 Å². The largest absolute Gasteiger partial charge is 0.396 e. The van der Waals surface area contributed by atoms with Crippen LogP contribution in [-0.2, 0) is 6.54 Å². The lowest BCUT2D eigenvalue weighted by Crippen LogP contribution is -2.46. The Kier molecular flexibility index (Phi) is 5.18. The number of aromatic nitrogens is 1. The highest BCUT2D eigenvalue weighted by atomic mass is 16.3. The molecule has 5 nitrogen and oxygen atoms in total. The SMILES string of the molecule is O=C(NCCCn1ccc2ccccc21)N1CCCC(CO)C1. The van der Waals surface area contributed by atoms with Gasteiger partial charge >= 0.3 is 6.03 Å². The van der Waals surface area contributed by atoms with Gasteiger partial charge in [-0.3, -0.25) is 0 Å². The first-order valence-corrected chi connectivity index (χ1v) is 8.45. The Bertz CT molecular complexity index is 653. The third-order valence-electron chi connectivity index (χ3n) is 4.60. The molecule has 1 aromatic carbocycles. The van der Waals surface area contributed by atoms with Gasteiger partial charge in [-0.2, -0.15) is 0 Å². The maximum Gasteiger partial charge on any atom is 0.317 e. The molecule has 0 saturated carbocycles. The Labute approximate surface area is 136 Å². The van der Waals surface area contributed by atoms with Crippen LogP contribution >= 0.6 is 0 Å². The van der Waals surface area contributed by atoms with Gasteiger partial charge in [0.15, 0.2) is 0 Å². The lowest BCUT2D eigenvalue weighted by molar-refractivity contribution is 0.129. The van der Waals surface area contributed by atoms with E-state index in [0.717, 1.165) is 32.4 Å². The maximum atomic E-state index is 12.2. The van der Waals surface area contributed by atoms with Crippen LogP contribution < -0.4 is 5.32 Å². The van der Waals surface area contributed by atoms with Gasteiger partial charge in [0, 0.05) is 44.5 Å². The molecule has 1 fully saturated rings. The molecular formula is C18H25N3O2. The number of carbonyl (C=O) groups excluding carboxylic acids is 1. The number of carbonyl (C=O) groups is 1. The number of hydrogen-bond donors (Lipinski definition) is 2. The van der Waals surface area contributed by atoms with Crippen LogP contribution in [0.2, 0.25) is 0 Å². The number of para-hydroxylation sites is 1. The Balaban J connectivity index is 1.43. The molecule has 1 saturated heterocycles. The maximum absolute atomic E-state index is 12.2. The standard InChI is InChI=1S/C18H25N3O2/c22-14-15-5-3-10-21(13-15)18(23)19-9-4-11-20-12-8-16-6-1-2-7-17(16)20/h1-2,6-8,12,15,22H,3-5,9-11,13-14H2,(H,19,23). The van der Waals surface area contributed by atoms with Gasteiger partial charge in [0.1, 0.15) is 0 Å². The van der Waals surface area contributed by atoms with Crippen LogP contribution in [0.1, 0.15) is 19.3 Å². The quantitative estimate of drug-likeness (QED) is 0.833. The first-order chi connectivity index (χ1) is 11.3. The molecule has 1 aliphatic rings. The molecule has 0 spiro atoms. The van der Waals surface area contributed by atoms with E-state index < -0.39 is 0 Å². The van der Waals surface area contributed by atoms with E-state index in [0.29, 0.717) is 13.1 Å². The number of likely N-dealkylation sites (tertiary alicyclic amines) is 1. The number of aryl methyl sites for hydroxylation is 1. The zero-order chi connectivity index (χ0) is 16.1. The Morgan fingerprint density at radius 1 is 1.30 bits per heavy atom. The Morgan fingerprint density at radius 2 is 2.17 bits per heavy atom. The van der Waals surface area contributed by atoms with Gasteiger partial charge in [0.2, 0.25) is 0 Å². The van der Waals surface area contributed by atoms with Crippen LogP contribution in [0.15, 0.2) is 36.5 Å². The number of fused-ring (bicyclic) bond motifs is 1. The molecule has 2 N–H and O–H groups in total. The van der Waals surface area contributed by atoms with Crippen molar-refractivity contribution in [1.82, 2.24) is 14.8 Å². The van der Waals surface area contributed by atoms with Gasteiger partial charge in [-0.1, -0.05) is 18.2 Å². The number of nitrogens with zero attached hydrogens (tertiary/aromatic N) is 2. The molecule has 124 valence electrons. The predicted molar refractivity (Wildman–Crippen MR) is 91.3 cm³/mol. The van der Waals surface area contributed by atoms with E-state index in [4.69, 9.17) is 0 Å². The number of benzene rings is 1. The van der Waals surface area contributed by atoms with Crippen molar-refractivity contribution in [2.75, 3.05) is 26.2 Å². The van der Waals surface area contributed by atoms with Crippen molar-refractivity contribution in [3.8, 4) is 0 Å². The van der Waals surface area contributed by atoms with Crippen LogP contribution in [-0.4, -0.2) is 46.8 Å². The summed E-state index contributed by atoms with van der Waals surface area (Å²) in [5, 5.41) is 13.5. The van der Waals surface area contributed by atoms with Crippen molar-refractivity contribution in [2.24, 2.45) is 5.92 Å². The van der Waals surface area contributed by atoms with Crippen LogP contribution in [0, 0.1) is 5.92 Å². The van der Waals surface area contributed by atoms with Gasteiger partial charge < -0.3 is 19.9 Å². The predicted octanol–water partition coefficient (Wildman–Crippen LogP) is 2.45. The van der Waals surface area contributed by atoms with Gasteiger partial charge in [-0.25, -0.2) is 4.79 Å². The van der Waals surface area contributed by atoms with Crippen molar-refractivity contribution in [1.29, 1.82) is 0 Å². The van der Waals surface area contributed by atoms with Gasteiger partial charge in [-0.05, 0) is 42.7 Å². The van der Waals surface area contributed by atoms with E-state index in [1.54, 1.807) is 0 Å². The minimum atomic E-state index is 0.000476. The molecule has 0 radical (unpaired) electrons. The van der Waals surface area contributed by atoms with E-state index >= 15 is 0 Å². The third-order valence-corrected chi connectivity index (χ3v) is 4.60. The van der Waals surface area contributed by atoms with Crippen LogP contribution in [0.25, 0.3) is 10.9 Å². The summed E-state index contributed by atoms with van der Waals surface area (Å²) in [6.45, 7) is 3.21. The molecule has 3 rings (SSSR count). The van der Waals surface area contributed by atoms with Crippen molar-refractivity contribution in [2.45, 2.75) is 25.8 Å². The number of rotatable bonds is 5. The Hall–Kier alpha value is -2.01. The van der Waals surface area contributed by atoms with E-state index in [1.807, 2.05) is 11.0 Å². The highest BCUT2D eigenvalue weighted by Gasteiger charge is 2.22. The third kappa shape index (κ3) is 3.85. The minimum Gasteiger partial charge on any atom is -0.396 e. The number of nitrogens with one attached hydrogen (secondary N) is 1. The molecule has 1 aliphatic heterocycles. The summed E-state index contributed by atoms with van der Waals surface area (Å²) < 4.78 is 2.23. The second-order valence-electron chi connectivity index (χ2n) is 6.29. The highest BCUT2D eigenvalue weighted by Crippen LogP contribution is 2.16. The molecule has 5 heteroatoms. The second kappa shape index (κ2) is 7.51. The molecule has 1 atom stereocenters. The highest BCUT2D eigenvalue weighted by molar-refractivity contribution is 5.79. The average Bonchev–Trinajstić information content (AvgIpc) is 3.02. The van der Waals surface area contributed by atoms with Crippen molar-refractivity contribution in [3.63, 3.8) is 0 Å². The molecule has 23 heavy (non-hydrogen) atoms. The summed E-state index contributed by atoms with van der Waals surface area (Å²) in [6.07, 6.45) is 5.00. The summed E-state index contributed by atoms with van der Waals surface area (Å²) in [6, 6.07) is 10.5. The number of aliphatic hydroxyl groups excluding tert-OH is 1. The monoisotopic (exact) mass is 315 g/mol. The summed E-state index contributed by atoms with van der Waals surface area (Å²) in [5.41, 5.74) is 1.24. The van der Waals surface area contributed by atoms with E-state index in [1.165, 1.54) is 10.9 Å². The summed E-state index contributed by atoms with van der Waals surface area (Å²) in [4.78, 5) is 14.0. The Morgan fingerprint density at radius 3 is 3.04 bits per heavy atom. The average molecular weight is 315 g/mol. The number of aliphatic hydroxyl groups is 1. The van der Waals surface area contributed by atoms with Gasteiger partial charge in [-0.15, -0.1) is 0 Å². The molecule has 1 aromatic heterocycles. The van der Waals surface area contributed by atoms with Gasteiger partial charge in [0.25, 0.3) is 0 Å². The number of hydrogen-bond acceptors (Lipinski definition) is 2. The topological polar surface area (TPSA) is 57.5 Å².